The van der Waals surface area contributed by atoms with Gasteiger partial charge in [0.1, 0.15) is 5.82 Å². The Balaban J connectivity index is 2.26. The van der Waals surface area contributed by atoms with Gasteiger partial charge in [-0.1, -0.05) is 23.7 Å². The van der Waals surface area contributed by atoms with Crippen LogP contribution >= 0.6 is 23.2 Å². The Hall–Kier alpha value is -1.06. The minimum atomic E-state index is -0.244. The van der Waals surface area contributed by atoms with Gasteiger partial charge in [0.15, 0.2) is 0 Å². The Kier molecular flexibility index (Phi) is 4.48. The topological polar surface area (TPSA) is 17.8 Å². The molecular weight excluding hydrogens is 286 g/mol. The maximum absolute atomic E-state index is 12.9. The number of rotatable bonds is 4. The van der Waals surface area contributed by atoms with Crippen LogP contribution in [-0.2, 0) is 13.5 Å². The van der Waals surface area contributed by atoms with Crippen molar-refractivity contribution in [2.75, 3.05) is 5.88 Å². The molecular formula is C14H15Cl2FN2. The van der Waals surface area contributed by atoms with Gasteiger partial charge in [-0.2, -0.15) is 5.10 Å². The Bertz CT molecular complexity index is 564. The predicted octanol–water partition coefficient (Wildman–Crippen LogP) is 4.09. The van der Waals surface area contributed by atoms with Crippen molar-refractivity contribution in [1.29, 1.82) is 0 Å². The van der Waals surface area contributed by atoms with Gasteiger partial charge in [0.25, 0.3) is 0 Å². The second-order valence-corrected chi connectivity index (χ2v) is 5.26. The zero-order chi connectivity index (χ0) is 14.0. The molecule has 19 heavy (non-hydrogen) atoms. The van der Waals surface area contributed by atoms with Crippen LogP contribution in [0.25, 0.3) is 0 Å². The molecule has 0 saturated heterocycles. The molecule has 1 aromatic heterocycles. The summed E-state index contributed by atoms with van der Waals surface area (Å²) in [4.78, 5) is 0. The zero-order valence-corrected chi connectivity index (χ0v) is 12.3. The fourth-order valence-corrected chi connectivity index (χ4v) is 2.66. The van der Waals surface area contributed by atoms with E-state index in [9.17, 15) is 4.39 Å². The lowest BCUT2D eigenvalue weighted by Gasteiger charge is -2.15. The molecule has 0 aliphatic carbocycles. The third-order valence-electron chi connectivity index (χ3n) is 3.23. The number of aryl methyl sites for hydroxylation is 2. The maximum atomic E-state index is 12.9. The molecule has 0 fully saturated rings. The van der Waals surface area contributed by atoms with Crippen LogP contribution in [0.2, 0.25) is 5.02 Å². The standard InChI is InChI=1S/C14H15Cl2FN2/c1-9-14(16)13(19(2)18-9)7-11(8-15)10-3-5-12(17)6-4-10/h3-6,11H,7-8H2,1-2H3. The van der Waals surface area contributed by atoms with Gasteiger partial charge in [-0.25, -0.2) is 4.39 Å². The van der Waals surface area contributed by atoms with Crippen LogP contribution in [0.1, 0.15) is 22.9 Å². The lowest BCUT2D eigenvalue weighted by molar-refractivity contribution is 0.623. The number of aromatic nitrogens is 2. The number of hydrogen-bond donors (Lipinski definition) is 0. The van der Waals surface area contributed by atoms with Crippen molar-refractivity contribution in [3.63, 3.8) is 0 Å². The molecule has 5 heteroatoms. The van der Waals surface area contributed by atoms with Crippen molar-refractivity contribution >= 4 is 23.2 Å². The average molecular weight is 301 g/mol. The second-order valence-electron chi connectivity index (χ2n) is 4.58. The first-order chi connectivity index (χ1) is 9.02. The van der Waals surface area contributed by atoms with E-state index in [1.54, 1.807) is 16.8 Å². The lowest BCUT2D eigenvalue weighted by Crippen LogP contribution is -2.09. The van der Waals surface area contributed by atoms with E-state index in [0.717, 1.165) is 17.0 Å². The second kappa shape index (κ2) is 5.93. The first-order valence-electron chi connectivity index (χ1n) is 6.02. The number of nitrogens with zero attached hydrogens (tertiary/aromatic N) is 2. The summed E-state index contributed by atoms with van der Waals surface area (Å²) in [6, 6.07) is 6.43. The van der Waals surface area contributed by atoms with Gasteiger partial charge in [0, 0.05) is 18.8 Å². The van der Waals surface area contributed by atoms with Gasteiger partial charge in [0.05, 0.1) is 16.4 Å². The summed E-state index contributed by atoms with van der Waals surface area (Å²) in [5.41, 5.74) is 2.77. The molecule has 2 rings (SSSR count). The van der Waals surface area contributed by atoms with Gasteiger partial charge in [-0.3, -0.25) is 4.68 Å². The molecule has 2 nitrogen and oxygen atoms in total. The van der Waals surface area contributed by atoms with Gasteiger partial charge >= 0.3 is 0 Å². The molecule has 0 amide bonds. The van der Waals surface area contributed by atoms with E-state index in [0.29, 0.717) is 17.3 Å². The van der Waals surface area contributed by atoms with E-state index < -0.39 is 0 Å². The van der Waals surface area contributed by atoms with Gasteiger partial charge in [0.2, 0.25) is 0 Å². The predicted molar refractivity (Wildman–Crippen MR) is 76.5 cm³/mol. The molecule has 0 aliphatic rings. The van der Waals surface area contributed by atoms with E-state index in [4.69, 9.17) is 23.2 Å². The highest BCUT2D eigenvalue weighted by molar-refractivity contribution is 6.31. The first kappa shape index (κ1) is 14.4. The van der Waals surface area contributed by atoms with Crippen molar-refractivity contribution in [2.45, 2.75) is 19.3 Å². The van der Waals surface area contributed by atoms with Gasteiger partial charge in [-0.05, 0) is 31.0 Å². The van der Waals surface area contributed by atoms with Crippen LogP contribution in [0.4, 0.5) is 4.39 Å². The van der Waals surface area contributed by atoms with Crippen molar-refractivity contribution in [1.82, 2.24) is 9.78 Å². The Morgan fingerprint density at radius 3 is 2.42 bits per heavy atom. The van der Waals surface area contributed by atoms with Crippen molar-refractivity contribution in [2.24, 2.45) is 7.05 Å². The van der Waals surface area contributed by atoms with E-state index >= 15 is 0 Å². The Morgan fingerprint density at radius 2 is 1.95 bits per heavy atom. The maximum Gasteiger partial charge on any atom is 0.123 e. The van der Waals surface area contributed by atoms with Crippen molar-refractivity contribution in [3.05, 3.63) is 52.1 Å². The molecule has 0 radical (unpaired) electrons. The summed E-state index contributed by atoms with van der Waals surface area (Å²) in [5.74, 6) is 0.299. The molecule has 1 atom stereocenters. The van der Waals surface area contributed by atoms with E-state index in [1.807, 2.05) is 14.0 Å². The van der Waals surface area contributed by atoms with Crippen LogP contribution in [0, 0.1) is 12.7 Å². The van der Waals surface area contributed by atoms with Crippen LogP contribution in [0.3, 0.4) is 0 Å². The molecule has 2 aromatic rings. The highest BCUT2D eigenvalue weighted by atomic mass is 35.5. The third kappa shape index (κ3) is 3.10. The molecule has 0 N–H and O–H groups in total. The monoisotopic (exact) mass is 300 g/mol. The zero-order valence-electron chi connectivity index (χ0n) is 10.8. The molecule has 0 spiro atoms. The van der Waals surface area contributed by atoms with E-state index in [2.05, 4.69) is 5.10 Å². The number of benzene rings is 1. The van der Waals surface area contributed by atoms with Crippen LogP contribution in [-0.4, -0.2) is 15.7 Å². The molecule has 0 bridgehead atoms. The van der Waals surface area contributed by atoms with Gasteiger partial charge < -0.3 is 0 Å². The summed E-state index contributed by atoms with van der Waals surface area (Å²) in [6.07, 6.45) is 0.686. The first-order valence-corrected chi connectivity index (χ1v) is 6.93. The molecule has 102 valence electrons. The van der Waals surface area contributed by atoms with E-state index in [-0.39, 0.29) is 11.7 Å². The fraction of sp³-hybridized carbons (Fsp3) is 0.357. The molecule has 0 aliphatic heterocycles. The quantitative estimate of drug-likeness (QED) is 0.778. The van der Waals surface area contributed by atoms with Crippen LogP contribution < -0.4 is 0 Å². The number of halogens is 3. The average Bonchev–Trinajstić information content (AvgIpc) is 2.63. The van der Waals surface area contributed by atoms with E-state index in [1.165, 1.54) is 12.1 Å². The normalized spacial score (nSPS) is 12.7. The van der Waals surface area contributed by atoms with Crippen molar-refractivity contribution in [3.8, 4) is 0 Å². The van der Waals surface area contributed by atoms with Crippen LogP contribution in [0.5, 0.6) is 0 Å². The summed E-state index contributed by atoms with van der Waals surface area (Å²) in [6.45, 7) is 1.87. The Morgan fingerprint density at radius 1 is 1.32 bits per heavy atom. The lowest BCUT2D eigenvalue weighted by atomic mass is 9.96. The molecule has 0 saturated carbocycles. The van der Waals surface area contributed by atoms with Crippen molar-refractivity contribution < 1.29 is 4.39 Å². The smallest absolute Gasteiger partial charge is 0.123 e. The molecule has 1 aromatic carbocycles. The highest BCUT2D eigenvalue weighted by Crippen LogP contribution is 2.27. The summed E-state index contributed by atoms with van der Waals surface area (Å²) in [7, 11) is 1.87. The molecule has 1 heterocycles. The third-order valence-corrected chi connectivity index (χ3v) is 4.09. The number of hydrogen-bond acceptors (Lipinski definition) is 1. The minimum Gasteiger partial charge on any atom is -0.271 e. The summed E-state index contributed by atoms with van der Waals surface area (Å²) >= 11 is 12.3. The fourth-order valence-electron chi connectivity index (χ4n) is 2.13. The minimum absolute atomic E-state index is 0.0922. The largest absolute Gasteiger partial charge is 0.271 e. The highest BCUT2D eigenvalue weighted by Gasteiger charge is 2.18. The summed E-state index contributed by atoms with van der Waals surface area (Å²) < 4.78 is 14.7. The molecule has 1 unspecified atom stereocenters. The number of alkyl halides is 1. The SMILES string of the molecule is Cc1nn(C)c(CC(CCl)c2ccc(F)cc2)c1Cl. The summed E-state index contributed by atoms with van der Waals surface area (Å²) in [5, 5.41) is 4.97. The van der Waals surface area contributed by atoms with Gasteiger partial charge in [-0.15, -0.1) is 11.6 Å². The van der Waals surface area contributed by atoms with Crippen LogP contribution in [0.15, 0.2) is 24.3 Å². The Labute approximate surface area is 122 Å².